The van der Waals surface area contributed by atoms with Gasteiger partial charge in [0.15, 0.2) is 0 Å². The summed E-state index contributed by atoms with van der Waals surface area (Å²) < 4.78 is 13.5. The molecular weight excluding hydrogens is 245 g/mol. The summed E-state index contributed by atoms with van der Waals surface area (Å²) in [6, 6.07) is 6.16. The molecule has 0 aliphatic heterocycles. The fraction of sp³-hybridized carbons (Fsp3) is 0.143. The molecule has 0 saturated heterocycles. The number of hydrogen-bond acceptors (Lipinski definition) is 3. The quantitative estimate of drug-likeness (QED) is 0.815. The Hall–Kier alpha value is -2.43. The lowest BCUT2D eigenvalue weighted by Crippen LogP contribution is -2.14. The largest absolute Gasteiger partial charge is 0.398 e. The number of nitrogen functional groups attached to an aromatic ring is 1. The Labute approximate surface area is 110 Å². The smallest absolute Gasteiger partial charge is 0.256 e. The van der Waals surface area contributed by atoms with Gasteiger partial charge in [0.05, 0.1) is 0 Å². The first-order chi connectivity index (χ1) is 8.97. The molecule has 98 valence electrons. The van der Waals surface area contributed by atoms with Crippen LogP contribution in [-0.2, 0) is 0 Å². The molecule has 0 aliphatic rings. The number of benzene rings is 1. The first kappa shape index (κ1) is 13.0. The van der Waals surface area contributed by atoms with Gasteiger partial charge < -0.3 is 11.1 Å². The summed E-state index contributed by atoms with van der Waals surface area (Å²) in [5, 5.41) is 2.60. The van der Waals surface area contributed by atoms with Crippen molar-refractivity contribution in [3.05, 3.63) is 53.0 Å². The summed E-state index contributed by atoms with van der Waals surface area (Å²) in [5.74, 6) is -0.518. The van der Waals surface area contributed by atoms with Gasteiger partial charge >= 0.3 is 0 Å². The molecule has 19 heavy (non-hydrogen) atoms. The van der Waals surface area contributed by atoms with Crippen LogP contribution in [-0.4, -0.2) is 10.9 Å². The first-order valence-corrected chi connectivity index (χ1v) is 5.77. The van der Waals surface area contributed by atoms with Crippen molar-refractivity contribution in [3.63, 3.8) is 0 Å². The van der Waals surface area contributed by atoms with E-state index in [4.69, 9.17) is 5.73 Å². The van der Waals surface area contributed by atoms with E-state index in [1.54, 1.807) is 19.2 Å². The molecule has 0 fully saturated rings. The molecule has 5 heteroatoms. The van der Waals surface area contributed by atoms with Crippen LogP contribution in [0.5, 0.6) is 0 Å². The van der Waals surface area contributed by atoms with E-state index in [2.05, 4.69) is 10.3 Å². The predicted molar refractivity (Wildman–Crippen MR) is 72.5 cm³/mol. The van der Waals surface area contributed by atoms with E-state index >= 15 is 0 Å². The number of rotatable bonds is 2. The molecule has 0 radical (unpaired) electrons. The van der Waals surface area contributed by atoms with Gasteiger partial charge in [0.25, 0.3) is 5.91 Å². The zero-order valence-electron chi connectivity index (χ0n) is 10.7. The molecule has 2 aromatic rings. The highest BCUT2D eigenvalue weighted by Gasteiger charge is 2.11. The summed E-state index contributed by atoms with van der Waals surface area (Å²) in [6.07, 6.45) is 1.59. The minimum atomic E-state index is -0.498. The van der Waals surface area contributed by atoms with Crippen LogP contribution in [0.25, 0.3) is 0 Å². The third-order valence-corrected chi connectivity index (χ3v) is 2.80. The molecule has 0 unspecified atom stereocenters. The van der Waals surface area contributed by atoms with Crippen LogP contribution >= 0.6 is 0 Å². The Morgan fingerprint density at radius 2 is 2.05 bits per heavy atom. The summed E-state index contributed by atoms with van der Waals surface area (Å²) >= 11 is 0. The van der Waals surface area contributed by atoms with Gasteiger partial charge in [0.1, 0.15) is 11.6 Å². The fourth-order valence-electron chi connectivity index (χ4n) is 1.62. The van der Waals surface area contributed by atoms with Crippen molar-refractivity contribution in [2.45, 2.75) is 13.8 Å². The van der Waals surface area contributed by atoms with Crippen molar-refractivity contribution in [3.8, 4) is 0 Å². The minimum absolute atomic E-state index is 0.170. The lowest BCUT2D eigenvalue weighted by molar-refractivity contribution is 0.102. The summed E-state index contributed by atoms with van der Waals surface area (Å²) in [6.45, 7) is 3.45. The molecule has 0 atom stereocenters. The maximum absolute atomic E-state index is 13.5. The Kier molecular flexibility index (Phi) is 3.46. The number of hydrogen-bond donors (Lipinski definition) is 2. The Bertz CT molecular complexity index is 617. The van der Waals surface area contributed by atoms with Crippen molar-refractivity contribution in [1.29, 1.82) is 0 Å². The SMILES string of the molecule is Cc1ccnc(NC(=O)c2cc(N)c(C)c(F)c2)c1. The highest BCUT2D eigenvalue weighted by atomic mass is 19.1. The summed E-state index contributed by atoms with van der Waals surface area (Å²) in [7, 11) is 0. The van der Waals surface area contributed by atoms with Gasteiger partial charge in [-0.15, -0.1) is 0 Å². The number of amides is 1. The third-order valence-electron chi connectivity index (χ3n) is 2.80. The van der Waals surface area contributed by atoms with Crippen molar-refractivity contribution in [2.75, 3.05) is 11.1 Å². The molecule has 1 amide bonds. The number of nitrogens with one attached hydrogen (secondary N) is 1. The fourth-order valence-corrected chi connectivity index (χ4v) is 1.62. The van der Waals surface area contributed by atoms with E-state index in [-0.39, 0.29) is 11.3 Å². The van der Waals surface area contributed by atoms with Gasteiger partial charge in [-0.05, 0) is 43.7 Å². The molecule has 1 heterocycles. The maximum Gasteiger partial charge on any atom is 0.256 e. The number of nitrogens with two attached hydrogens (primary N) is 1. The predicted octanol–water partition coefficient (Wildman–Crippen LogP) is 2.67. The monoisotopic (exact) mass is 259 g/mol. The second kappa shape index (κ2) is 5.06. The number of pyridine rings is 1. The van der Waals surface area contributed by atoms with Crippen LogP contribution in [0.3, 0.4) is 0 Å². The normalized spacial score (nSPS) is 10.3. The average molecular weight is 259 g/mol. The average Bonchev–Trinajstić information content (AvgIpc) is 2.35. The maximum atomic E-state index is 13.5. The standard InChI is InChI=1S/C14H14FN3O/c1-8-3-4-17-13(5-8)18-14(19)10-6-11(15)9(2)12(16)7-10/h3-7H,16H2,1-2H3,(H,17,18,19). The zero-order chi connectivity index (χ0) is 14.0. The van der Waals surface area contributed by atoms with Crippen molar-refractivity contribution in [2.24, 2.45) is 0 Å². The molecular formula is C14H14FN3O. The molecule has 1 aromatic carbocycles. The Balaban J connectivity index is 2.25. The number of anilines is 2. The number of carbonyl (C=O) groups is 1. The second-order valence-corrected chi connectivity index (χ2v) is 4.34. The highest BCUT2D eigenvalue weighted by molar-refractivity contribution is 6.04. The van der Waals surface area contributed by atoms with Crippen LogP contribution in [0, 0.1) is 19.7 Å². The van der Waals surface area contributed by atoms with E-state index in [0.717, 1.165) is 11.6 Å². The van der Waals surface area contributed by atoms with Gasteiger partial charge in [0, 0.05) is 23.0 Å². The van der Waals surface area contributed by atoms with Crippen LogP contribution in [0.4, 0.5) is 15.9 Å². The van der Waals surface area contributed by atoms with Crippen molar-refractivity contribution < 1.29 is 9.18 Å². The number of nitrogens with zero attached hydrogens (tertiary/aromatic N) is 1. The van der Waals surface area contributed by atoms with Crippen LogP contribution < -0.4 is 11.1 Å². The topological polar surface area (TPSA) is 68.0 Å². The lowest BCUT2D eigenvalue weighted by atomic mass is 10.1. The summed E-state index contributed by atoms with van der Waals surface area (Å²) in [5.41, 5.74) is 7.37. The van der Waals surface area contributed by atoms with Crippen LogP contribution in [0.1, 0.15) is 21.5 Å². The molecule has 0 saturated carbocycles. The first-order valence-electron chi connectivity index (χ1n) is 5.77. The van der Waals surface area contributed by atoms with Gasteiger partial charge in [-0.3, -0.25) is 4.79 Å². The number of aromatic nitrogens is 1. The molecule has 2 rings (SSSR count). The third kappa shape index (κ3) is 2.88. The van der Waals surface area contributed by atoms with E-state index in [1.165, 1.54) is 6.07 Å². The van der Waals surface area contributed by atoms with Crippen molar-refractivity contribution in [1.82, 2.24) is 4.98 Å². The molecule has 0 spiro atoms. The van der Waals surface area contributed by atoms with Crippen LogP contribution in [0.15, 0.2) is 30.5 Å². The minimum Gasteiger partial charge on any atom is -0.398 e. The van der Waals surface area contributed by atoms with E-state index < -0.39 is 11.7 Å². The second-order valence-electron chi connectivity index (χ2n) is 4.34. The Morgan fingerprint density at radius 3 is 2.68 bits per heavy atom. The van der Waals surface area contributed by atoms with E-state index in [9.17, 15) is 9.18 Å². The summed E-state index contributed by atoms with van der Waals surface area (Å²) in [4.78, 5) is 16.0. The van der Waals surface area contributed by atoms with Gasteiger partial charge in [-0.2, -0.15) is 0 Å². The van der Waals surface area contributed by atoms with Gasteiger partial charge in [-0.25, -0.2) is 9.37 Å². The molecule has 1 aromatic heterocycles. The van der Waals surface area contributed by atoms with Gasteiger partial charge in [0.2, 0.25) is 0 Å². The highest BCUT2D eigenvalue weighted by Crippen LogP contribution is 2.18. The Morgan fingerprint density at radius 1 is 1.32 bits per heavy atom. The van der Waals surface area contributed by atoms with E-state index in [0.29, 0.717) is 11.4 Å². The zero-order valence-corrected chi connectivity index (χ0v) is 10.7. The molecule has 4 nitrogen and oxygen atoms in total. The lowest BCUT2D eigenvalue weighted by Gasteiger charge is -2.08. The van der Waals surface area contributed by atoms with E-state index in [1.807, 2.05) is 13.0 Å². The van der Waals surface area contributed by atoms with Crippen molar-refractivity contribution >= 4 is 17.4 Å². The number of halogens is 1. The number of aryl methyl sites for hydroxylation is 1. The molecule has 3 N–H and O–H groups in total. The molecule has 0 bridgehead atoms. The van der Waals surface area contributed by atoms with Gasteiger partial charge in [-0.1, -0.05) is 0 Å². The molecule has 0 aliphatic carbocycles. The number of carbonyl (C=O) groups excluding carboxylic acids is 1. The van der Waals surface area contributed by atoms with Crippen LogP contribution in [0.2, 0.25) is 0 Å².